The van der Waals surface area contributed by atoms with E-state index < -0.39 is 0 Å². The molecular formula is C20H23N3O2S. The molecule has 0 bridgehead atoms. The Morgan fingerprint density at radius 2 is 1.92 bits per heavy atom. The molecule has 1 heterocycles. The number of likely N-dealkylation sites (N-methyl/N-ethyl adjacent to an activating group) is 1. The predicted octanol–water partition coefficient (Wildman–Crippen LogP) is 3.67. The normalized spacial score (nSPS) is 10.8. The number of hydrogen-bond donors (Lipinski definition) is 1. The lowest BCUT2D eigenvalue weighted by Gasteiger charge is -2.15. The molecule has 6 heteroatoms. The van der Waals surface area contributed by atoms with Gasteiger partial charge in [0.25, 0.3) is 0 Å². The number of carbonyl (C=O) groups excluding carboxylic acids is 1. The zero-order valence-electron chi connectivity index (χ0n) is 15.5. The molecule has 1 amide bonds. The van der Waals surface area contributed by atoms with Crippen LogP contribution in [-0.2, 0) is 11.3 Å². The first-order valence-electron chi connectivity index (χ1n) is 8.46. The van der Waals surface area contributed by atoms with Crippen LogP contribution in [0, 0.1) is 13.8 Å². The summed E-state index contributed by atoms with van der Waals surface area (Å²) < 4.78 is 6.50. The van der Waals surface area contributed by atoms with Gasteiger partial charge in [-0.1, -0.05) is 41.7 Å². The van der Waals surface area contributed by atoms with Gasteiger partial charge in [0.05, 0.1) is 23.9 Å². The van der Waals surface area contributed by atoms with Crippen LogP contribution in [0.1, 0.15) is 16.7 Å². The van der Waals surface area contributed by atoms with Crippen LogP contribution in [-0.4, -0.2) is 31.6 Å². The summed E-state index contributed by atoms with van der Waals surface area (Å²) in [6, 6.07) is 11.9. The summed E-state index contributed by atoms with van der Waals surface area (Å²) in [7, 11) is 3.52. The summed E-state index contributed by atoms with van der Waals surface area (Å²) in [5.74, 6) is 0.726. The molecule has 0 aliphatic carbocycles. The summed E-state index contributed by atoms with van der Waals surface area (Å²) in [4.78, 5) is 18.9. The van der Waals surface area contributed by atoms with E-state index in [0.29, 0.717) is 6.54 Å². The minimum absolute atomic E-state index is 0.0499. The SMILES string of the molecule is COc1ccccc1CNC(=O)CN(C)c1nc2c(C)ccc(C)c2s1. The highest BCUT2D eigenvalue weighted by Gasteiger charge is 2.14. The molecule has 5 nitrogen and oxygen atoms in total. The van der Waals surface area contributed by atoms with Crippen molar-refractivity contribution in [2.75, 3.05) is 25.6 Å². The number of nitrogens with one attached hydrogen (secondary N) is 1. The maximum Gasteiger partial charge on any atom is 0.239 e. The van der Waals surface area contributed by atoms with Crippen LogP contribution in [0.2, 0.25) is 0 Å². The summed E-state index contributed by atoms with van der Waals surface area (Å²) >= 11 is 1.62. The fourth-order valence-electron chi connectivity index (χ4n) is 2.79. The van der Waals surface area contributed by atoms with Crippen molar-refractivity contribution in [3.05, 3.63) is 53.1 Å². The van der Waals surface area contributed by atoms with Crippen molar-refractivity contribution in [1.82, 2.24) is 10.3 Å². The van der Waals surface area contributed by atoms with Crippen LogP contribution in [0.25, 0.3) is 10.2 Å². The fraction of sp³-hybridized carbons (Fsp3) is 0.300. The number of para-hydroxylation sites is 1. The number of methoxy groups -OCH3 is 1. The third-order valence-electron chi connectivity index (χ3n) is 4.31. The van der Waals surface area contributed by atoms with Gasteiger partial charge in [-0.15, -0.1) is 0 Å². The van der Waals surface area contributed by atoms with E-state index in [1.165, 1.54) is 10.3 Å². The van der Waals surface area contributed by atoms with E-state index in [0.717, 1.165) is 27.5 Å². The van der Waals surface area contributed by atoms with Crippen LogP contribution in [0.4, 0.5) is 5.13 Å². The van der Waals surface area contributed by atoms with E-state index >= 15 is 0 Å². The fourth-order valence-corrected chi connectivity index (χ4v) is 3.87. The first kappa shape index (κ1) is 18.2. The maximum atomic E-state index is 12.3. The van der Waals surface area contributed by atoms with Crippen molar-refractivity contribution in [2.24, 2.45) is 0 Å². The minimum Gasteiger partial charge on any atom is -0.496 e. The number of ether oxygens (including phenoxy) is 1. The van der Waals surface area contributed by atoms with E-state index in [-0.39, 0.29) is 12.5 Å². The third kappa shape index (κ3) is 3.80. The van der Waals surface area contributed by atoms with Gasteiger partial charge < -0.3 is 15.0 Å². The van der Waals surface area contributed by atoms with Crippen molar-refractivity contribution < 1.29 is 9.53 Å². The number of aryl methyl sites for hydroxylation is 2. The van der Waals surface area contributed by atoms with Crippen molar-refractivity contribution in [2.45, 2.75) is 20.4 Å². The van der Waals surface area contributed by atoms with Gasteiger partial charge in [0, 0.05) is 19.2 Å². The average molecular weight is 369 g/mol. The van der Waals surface area contributed by atoms with E-state index in [2.05, 4.69) is 31.3 Å². The quantitative estimate of drug-likeness (QED) is 0.720. The van der Waals surface area contributed by atoms with Gasteiger partial charge in [-0.3, -0.25) is 4.79 Å². The molecule has 3 aromatic rings. The standard InChI is InChI=1S/C20H23N3O2S/c1-13-9-10-14(2)19-18(13)22-20(26-19)23(3)12-17(24)21-11-15-7-5-6-8-16(15)25-4/h5-10H,11-12H2,1-4H3,(H,21,24). The van der Waals surface area contributed by atoms with Gasteiger partial charge >= 0.3 is 0 Å². The van der Waals surface area contributed by atoms with Crippen molar-refractivity contribution in [3.8, 4) is 5.75 Å². The Kier molecular flexibility index (Phi) is 5.42. The number of benzene rings is 2. The summed E-state index contributed by atoms with van der Waals surface area (Å²) in [6.07, 6.45) is 0. The second kappa shape index (κ2) is 7.74. The summed E-state index contributed by atoms with van der Waals surface area (Å²) in [6.45, 7) is 4.84. The number of fused-ring (bicyclic) bond motifs is 1. The molecule has 3 rings (SSSR count). The lowest BCUT2D eigenvalue weighted by atomic mass is 10.1. The molecule has 0 saturated carbocycles. The molecule has 136 valence electrons. The first-order chi connectivity index (χ1) is 12.5. The highest BCUT2D eigenvalue weighted by Crippen LogP contribution is 2.32. The Labute approximate surface area is 157 Å². The first-order valence-corrected chi connectivity index (χ1v) is 9.27. The molecule has 2 aromatic carbocycles. The predicted molar refractivity (Wildman–Crippen MR) is 107 cm³/mol. The molecule has 0 aliphatic rings. The number of thiazole rings is 1. The molecule has 26 heavy (non-hydrogen) atoms. The number of carbonyl (C=O) groups is 1. The Bertz CT molecular complexity index is 897. The molecule has 0 aliphatic heterocycles. The Hall–Kier alpha value is -2.60. The van der Waals surface area contributed by atoms with E-state index in [9.17, 15) is 4.79 Å². The minimum atomic E-state index is -0.0499. The Balaban J connectivity index is 1.66. The smallest absolute Gasteiger partial charge is 0.239 e. The van der Waals surface area contributed by atoms with Gasteiger partial charge in [-0.25, -0.2) is 4.98 Å². The highest BCUT2D eigenvalue weighted by atomic mass is 32.1. The second-order valence-corrected chi connectivity index (χ2v) is 7.30. The molecule has 0 radical (unpaired) electrons. The van der Waals surface area contributed by atoms with Crippen molar-refractivity contribution in [3.63, 3.8) is 0 Å². The molecule has 0 atom stereocenters. The number of aromatic nitrogens is 1. The number of rotatable bonds is 6. The van der Waals surface area contributed by atoms with E-state index in [1.807, 2.05) is 36.2 Å². The van der Waals surface area contributed by atoms with Gasteiger partial charge in [-0.2, -0.15) is 0 Å². The molecule has 1 aromatic heterocycles. The topological polar surface area (TPSA) is 54.5 Å². The van der Waals surface area contributed by atoms with Crippen LogP contribution in [0.3, 0.4) is 0 Å². The average Bonchev–Trinajstić information content (AvgIpc) is 3.10. The lowest BCUT2D eigenvalue weighted by molar-refractivity contribution is -0.119. The third-order valence-corrected chi connectivity index (χ3v) is 5.61. The van der Waals surface area contributed by atoms with Crippen LogP contribution < -0.4 is 15.0 Å². The molecule has 0 spiro atoms. The number of amides is 1. The van der Waals surface area contributed by atoms with Crippen LogP contribution in [0.5, 0.6) is 5.75 Å². The van der Waals surface area contributed by atoms with Gasteiger partial charge in [0.1, 0.15) is 5.75 Å². The van der Waals surface area contributed by atoms with Gasteiger partial charge in [-0.05, 0) is 31.0 Å². The maximum absolute atomic E-state index is 12.3. The Morgan fingerprint density at radius 3 is 2.65 bits per heavy atom. The van der Waals surface area contributed by atoms with E-state index in [4.69, 9.17) is 9.72 Å². The molecule has 1 N–H and O–H groups in total. The van der Waals surface area contributed by atoms with Crippen LogP contribution >= 0.6 is 11.3 Å². The zero-order valence-corrected chi connectivity index (χ0v) is 16.3. The number of hydrogen-bond acceptors (Lipinski definition) is 5. The number of anilines is 1. The highest BCUT2D eigenvalue weighted by molar-refractivity contribution is 7.22. The monoisotopic (exact) mass is 369 g/mol. The van der Waals surface area contributed by atoms with Gasteiger partial charge in [0.15, 0.2) is 5.13 Å². The molecular weight excluding hydrogens is 346 g/mol. The van der Waals surface area contributed by atoms with Crippen molar-refractivity contribution >= 4 is 32.6 Å². The largest absolute Gasteiger partial charge is 0.496 e. The Morgan fingerprint density at radius 1 is 1.19 bits per heavy atom. The van der Waals surface area contributed by atoms with Gasteiger partial charge in [0.2, 0.25) is 5.91 Å². The second-order valence-electron chi connectivity index (χ2n) is 6.32. The summed E-state index contributed by atoms with van der Waals surface area (Å²) in [5.41, 5.74) is 4.34. The van der Waals surface area contributed by atoms with Crippen LogP contribution in [0.15, 0.2) is 36.4 Å². The van der Waals surface area contributed by atoms with E-state index in [1.54, 1.807) is 18.4 Å². The lowest BCUT2D eigenvalue weighted by Crippen LogP contribution is -2.34. The zero-order chi connectivity index (χ0) is 18.7. The molecule has 0 unspecified atom stereocenters. The summed E-state index contributed by atoms with van der Waals surface area (Å²) in [5, 5.41) is 3.80. The molecule has 0 fully saturated rings. The number of nitrogens with zero attached hydrogens (tertiary/aromatic N) is 2. The van der Waals surface area contributed by atoms with Crippen molar-refractivity contribution in [1.29, 1.82) is 0 Å². The molecule has 0 saturated heterocycles.